The van der Waals surface area contributed by atoms with Gasteiger partial charge in [0.05, 0.1) is 23.7 Å². The first-order valence-corrected chi connectivity index (χ1v) is 7.16. The number of aliphatic hydroxyl groups is 1. The molecule has 0 bridgehead atoms. The van der Waals surface area contributed by atoms with Crippen LogP contribution in [0.4, 0.5) is 0 Å². The van der Waals surface area contributed by atoms with E-state index in [1.54, 1.807) is 0 Å². The van der Waals surface area contributed by atoms with Crippen LogP contribution in [0.2, 0.25) is 0 Å². The van der Waals surface area contributed by atoms with E-state index in [2.05, 4.69) is 17.1 Å². The maximum absolute atomic E-state index is 11.4. The van der Waals surface area contributed by atoms with Crippen LogP contribution in [-0.4, -0.2) is 67.8 Å². The van der Waals surface area contributed by atoms with Gasteiger partial charge in [0.2, 0.25) is 0 Å². The summed E-state index contributed by atoms with van der Waals surface area (Å²) in [6.07, 6.45) is -0.708. The van der Waals surface area contributed by atoms with E-state index in [0.29, 0.717) is 6.04 Å². The van der Waals surface area contributed by atoms with Crippen molar-refractivity contribution in [3.8, 4) is 0 Å². The molecule has 15 heavy (non-hydrogen) atoms. The Morgan fingerprint density at radius 1 is 1.40 bits per heavy atom. The fourth-order valence-electron chi connectivity index (χ4n) is 2.42. The molecule has 6 heteroatoms. The quantitative estimate of drug-likeness (QED) is 0.574. The highest BCUT2D eigenvalue weighted by atomic mass is 32.2. The monoisotopic (exact) mass is 234 g/mol. The van der Waals surface area contributed by atoms with E-state index in [1.807, 2.05) is 0 Å². The van der Waals surface area contributed by atoms with Gasteiger partial charge in [-0.2, -0.15) is 0 Å². The molecule has 2 unspecified atom stereocenters. The third-order valence-corrected chi connectivity index (χ3v) is 4.86. The van der Waals surface area contributed by atoms with E-state index in [1.165, 1.54) is 0 Å². The predicted octanol–water partition coefficient (Wildman–Crippen LogP) is -1.56. The van der Waals surface area contributed by atoms with E-state index in [-0.39, 0.29) is 17.5 Å². The molecular weight excluding hydrogens is 216 g/mol. The van der Waals surface area contributed by atoms with Crippen molar-refractivity contribution in [2.24, 2.45) is 0 Å². The van der Waals surface area contributed by atoms with Gasteiger partial charge in [-0.05, 0) is 6.92 Å². The summed E-state index contributed by atoms with van der Waals surface area (Å²) in [5.74, 6) is 0.0386. The lowest BCUT2D eigenvalue weighted by molar-refractivity contribution is 0.0655. The fraction of sp³-hybridized carbons (Fsp3) is 1.00. The van der Waals surface area contributed by atoms with Crippen LogP contribution in [0.5, 0.6) is 0 Å². The van der Waals surface area contributed by atoms with Gasteiger partial charge in [0.1, 0.15) is 0 Å². The van der Waals surface area contributed by atoms with Crippen molar-refractivity contribution in [3.63, 3.8) is 0 Å². The topological polar surface area (TPSA) is 69.6 Å². The molecule has 2 N–H and O–H groups in total. The van der Waals surface area contributed by atoms with Crippen LogP contribution in [0.3, 0.4) is 0 Å². The molecule has 0 amide bonds. The lowest BCUT2D eigenvalue weighted by Crippen LogP contribution is -2.55. The number of piperazine rings is 1. The number of aliphatic hydroxyl groups excluding tert-OH is 1. The summed E-state index contributed by atoms with van der Waals surface area (Å²) in [6.45, 7) is 4.57. The Labute approximate surface area is 90.4 Å². The van der Waals surface area contributed by atoms with E-state index < -0.39 is 15.9 Å². The van der Waals surface area contributed by atoms with Crippen LogP contribution in [0.1, 0.15) is 6.92 Å². The van der Waals surface area contributed by atoms with E-state index in [4.69, 9.17) is 0 Å². The first-order valence-electron chi connectivity index (χ1n) is 5.34. The van der Waals surface area contributed by atoms with Crippen molar-refractivity contribution in [1.82, 2.24) is 10.2 Å². The third-order valence-electron chi connectivity index (χ3n) is 3.16. The molecule has 2 fully saturated rings. The fourth-order valence-corrected chi connectivity index (χ4v) is 4.25. The minimum atomic E-state index is -3.02. The van der Waals surface area contributed by atoms with Gasteiger partial charge in [0, 0.05) is 25.7 Å². The van der Waals surface area contributed by atoms with Gasteiger partial charge in [-0.1, -0.05) is 0 Å². The Morgan fingerprint density at radius 3 is 2.67 bits per heavy atom. The van der Waals surface area contributed by atoms with Crippen molar-refractivity contribution >= 4 is 9.84 Å². The number of hydrogen-bond donors (Lipinski definition) is 2. The van der Waals surface area contributed by atoms with Crippen molar-refractivity contribution in [3.05, 3.63) is 0 Å². The zero-order chi connectivity index (χ0) is 11.1. The van der Waals surface area contributed by atoms with E-state index in [9.17, 15) is 13.5 Å². The van der Waals surface area contributed by atoms with Crippen molar-refractivity contribution in [1.29, 1.82) is 0 Å². The van der Waals surface area contributed by atoms with Crippen molar-refractivity contribution in [2.75, 3.05) is 31.1 Å². The molecule has 2 heterocycles. The Kier molecular flexibility index (Phi) is 3.03. The van der Waals surface area contributed by atoms with Crippen LogP contribution in [0, 0.1) is 0 Å². The van der Waals surface area contributed by atoms with Crippen LogP contribution in [-0.2, 0) is 9.84 Å². The number of nitrogens with zero attached hydrogens (tertiary/aromatic N) is 1. The maximum atomic E-state index is 11.4. The number of rotatable bonds is 1. The molecular formula is C9H18N2O3S. The molecule has 0 aromatic carbocycles. The molecule has 5 nitrogen and oxygen atoms in total. The molecule has 3 atom stereocenters. The lowest BCUT2D eigenvalue weighted by atomic mass is 10.1. The predicted molar refractivity (Wildman–Crippen MR) is 57.5 cm³/mol. The molecule has 0 radical (unpaired) electrons. The third kappa shape index (κ3) is 2.50. The molecule has 2 saturated heterocycles. The first-order chi connectivity index (χ1) is 6.98. The van der Waals surface area contributed by atoms with Gasteiger partial charge in [-0.25, -0.2) is 8.42 Å². The maximum Gasteiger partial charge on any atom is 0.154 e. The minimum absolute atomic E-state index is 0.0734. The van der Waals surface area contributed by atoms with Gasteiger partial charge in [0.25, 0.3) is 0 Å². The number of nitrogens with one attached hydrogen (secondary N) is 1. The summed E-state index contributed by atoms with van der Waals surface area (Å²) in [4.78, 5) is 2.09. The van der Waals surface area contributed by atoms with Gasteiger partial charge >= 0.3 is 0 Å². The molecule has 0 aromatic heterocycles. The summed E-state index contributed by atoms with van der Waals surface area (Å²) in [7, 11) is -3.02. The summed E-state index contributed by atoms with van der Waals surface area (Å²) in [5.41, 5.74) is 0. The molecule has 0 aromatic rings. The summed E-state index contributed by atoms with van der Waals surface area (Å²) in [5, 5.41) is 13.0. The molecule has 2 aliphatic heterocycles. The average Bonchev–Trinajstić information content (AvgIpc) is 2.40. The lowest BCUT2D eigenvalue weighted by Gasteiger charge is -2.36. The second-order valence-electron chi connectivity index (χ2n) is 4.56. The molecule has 0 spiro atoms. The van der Waals surface area contributed by atoms with Crippen LogP contribution >= 0.6 is 0 Å². The SMILES string of the molecule is C[C@@H]1CN(C2CS(=O)(=O)CC2O)CCN1. The van der Waals surface area contributed by atoms with Crippen molar-refractivity contribution in [2.45, 2.75) is 25.1 Å². The smallest absolute Gasteiger partial charge is 0.154 e. The van der Waals surface area contributed by atoms with Crippen LogP contribution in [0.15, 0.2) is 0 Å². The highest BCUT2D eigenvalue weighted by Gasteiger charge is 2.40. The number of hydrogen-bond acceptors (Lipinski definition) is 5. The van der Waals surface area contributed by atoms with E-state index in [0.717, 1.165) is 19.6 Å². The van der Waals surface area contributed by atoms with Gasteiger partial charge < -0.3 is 10.4 Å². The molecule has 0 saturated carbocycles. The van der Waals surface area contributed by atoms with Crippen molar-refractivity contribution < 1.29 is 13.5 Å². The molecule has 0 aliphatic carbocycles. The highest BCUT2D eigenvalue weighted by Crippen LogP contribution is 2.19. The largest absolute Gasteiger partial charge is 0.390 e. The second-order valence-corrected chi connectivity index (χ2v) is 6.72. The zero-order valence-corrected chi connectivity index (χ0v) is 9.70. The normalized spacial score (nSPS) is 41.9. The van der Waals surface area contributed by atoms with Crippen LogP contribution in [0.25, 0.3) is 0 Å². The number of sulfone groups is 1. The first kappa shape index (κ1) is 11.3. The average molecular weight is 234 g/mol. The van der Waals surface area contributed by atoms with E-state index >= 15 is 0 Å². The Hall–Kier alpha value is -0.170. The Morgan fingerprint density at radius 2 is 2.13 bits per heavy atom. The van der Waals surface area contributed by atoms with Gasteiger partial charge in [-0.15, -0.1) is 0 Å². The highest BCUT2D eigenvalue weighted by molar-refractivity contribution is 7.91. The Balaban J connectivity index is 2.04. The van der Waals surface area contributed by atoms with Crippen LogP contribution < -0.4 is 5.32 Å². The molecule has 2 rings (SSSR count). The summed E-state index contributed by atoms with van der Waals surface area (Å²) in [6, 6.07) is 0.175. The van der Waals surface area contributed by atoms with Gasteiger partial charge in [-0.3, -0.25) is 4.90 Å². The standard InChI is InChI=1S/C9H18N2O3S/c1-7-4-11(3-2-10-7)8-5-15(13,14)6-9(8)12/h7-10,12H,2-6H2,1H3/t7-,8?,9?/m1/s1. The summed E-state index contributed by atoms with van der Waals surface area (Å²) < 4.78 is 22.7. The Bertz CT molecular complexity index is 330. The second kappa shape index (κ2) is 4.01. The zero-order valence-electron chi connectivity index (χ0n) is 8.89. The summed E-state index contributed by atoms with van der Waals surface area (Å²) >= 11 is 0. The molecule has 2 aliphatic rings. The van der Waals surface area contributed by atoms with Gasteiger partial charge in [0.15, 0.2) is 9.84 Å². The molecule has 88 valence electrons. The minimum Gasteiger partial charge on any atom is -0.390 e.